The Labute approximate surface area is 182 Å². The first-order valence-corrected chi connectivity index (χ1v) is 11.5. The quantitative estimate of drug-likeness (QED) is 0.366. The highest BCUT2D eigenvalue weighted by atomic mass is 32.1. The van der Waals surface area contributed by atoms with Gasteiger partial charge in [0.15, 0.2) is 0 Å². The molecule has 0 aliphatic rings. The number of nitrogens with zero attached hydrogens (tertiary/aromatic N) is 2. The molecule has 0 unspecified atom stereocenters. The molecular weight excluding hydrogens is 400 g/mol. The zero-order valence-electron chi connectivity index (χ0n) is 17.7. The van der Waals surface area contributed by atoms with E-state index in [4.69, 9.17) is 9.47 Å². The van der Waals surface area contributed by atoms with Gasteiger partial charge >= 0.3 is 0 Å². The molecule has 0 fully saturated rings. The summed E-state index contributed by atoms with van der Waals surface area (Å²) in [5.41, 5.74) is 4.87. The highest BCUT2D eigenvalue weighted by Crippen LogP contribution is 2.10. The minimum Gasteiger partial charge on any atom is -0.373 e. The molecule has 2 aromatic heterocycles. The molecule has 2 heterocycles. The molecule has 0 aromatic carbocycles. The van der Waals surface area contributed by atoms with Crippen molar-refractivity contribution >= 4 is 28.7 Å². The molecule has 2 rings (SSSR count). The Kier molecular flexibility index (Phi) is 10.3. The van der Waals surface area contributed by atoms with Crippen molar-refractivity contribution < 1.29 is 9.47 Å². The number of ether oxygens (including phenoxy) is 2. The number of allylic oxidation sites excluding steroid dienone is 1. The Morgan fingerprint density at radius 2 is 2.17 bits per heavy atom. The summed E-state index contributed by atoms with van der Waals surface area (Å²) >= 11 is 3.32. The Morgan fingerprint density at radius 1 is 1.31 bits per heavy atom. The van der Waals surface area contributed by atoms with E-state index in [2.05, 4.69) is 56.9 Å². The first-order chi connectivity index (χ1) is 14.0. The zero-order valence-corrected chi connectivity index (χ0v) is 19.3. The lowest BCUT2D eigenvalue weighted by molar-refractivity contribution is 0.0742. The molecule has 0 aliphatic carbocycles. The molecule has 0 spiro atoms. The SMILES string of the molecule is CCN(C/C(=C\C#CC(C)(C)OC)COC/C=C/c1ccsc1)Cc1cscn1. The van der Waals surface area contributed by atoms with Crippen molar-refractivity contribution in [2.45, 2.75) is 32.9 Å². The second-order valence-electron chi connectivity index (χ2n) is 7.04. The van der Waals surface area contributed by atoms with Crippen LogP contribution < -0.4 is 0 Å². The van der Waals surface area contributed by atoms with Gasteiger partial charge in [-0.25, -0.2) is 4.98 Å². The van der Waals surface area contributed by atoms with E-state index in [0.717, 1.165) is 30.9 Å². The summed E-state index contributed by atoms with van der Waals surface area (Å²) in [6.45, 7) is 9.75. The maximum Gasteiger partial charge on any atom is 0.123 e. The van der Waals surface area contributed by atoms with Gasteiger partial charge in [-0.05, 0) is 54.4 Å². The lowest BCUT2D eigenvalue weighted by Gasteiger charge is -2.21. The Morgan fingerprint density at radius 3 is 2.83 bits per heavy atom. The molecule has 0 N–H and O–H groups in total. The van der Waals surface area contributed by atoms with E-state index in [-0.39, 0.29) is 0 Å². The second kappa shape index (κ2) is 12.7. The molecule has 0 radical (unpaired) electrons. The zero-order chi connectivity index (χ0) is 21.0. The lowest BCUT2D eigenvalue weighted by atomic mass is 10.1. The fourth-order valence-electron chi connectivity index (χ4n) is 2.42. The molecule has 2 aromatic rings. The minimum atomic E-state index is -0.462. The highest BCUT2D eigenvalue weighted by Gasteiger charge is 2.11. The number of rotatable bonds is 11. The van der Waals surface area contributed by atoms with Crippen LogP contribution in [0.15, 0.2) is 45.4 Å². The highest BCUT2D eigenvalue weighted by molar-refractivity contribution is 7.08. The number of likely N-dealkylation sites (N-methyl/N-ethyl adjacent to an activating group) is 1. The molecule has 29 heavy (non-hydrogen) atoms. The van der Waals surface area contributed by atoms with E-state index < -0.39 is 5.60 Å². The van der Waals surface area contributed by atoms with Gasteiger partial charge in [-0.1, -0.05) is 30.9 Å². The van der Waals surface area contributed by atoms with Gasteiger partial charge in [0.2, 0.25) is 0 Å². The van der Waals surface area contributed by atoms with Crippen LogP contribution in [0.3, 0.4) is 0 Å². The number of thiazole rings is 1. The van der Waals surface area contributed by atoms with E-state index in [0.29, 0.717) is 13.2 Å². The lowest BCUT2D eigenvalue weighted by Crippen LogP contribution is -2.26. The van der Waals surface area contributed by atoms with Crippen LogP contribution in [0.25, 0.3) is 6.08 Å². The van der Waals surface area contributed by atoms with Crippen molar-refractivity contribution in [2.75, 3.05) is 33.4 Å². The van der Waals surface area contributed by atoms with Crippen molar-refractivity contribution in [2.24, 2.45) is 0 Å². The van der Waals surface area contributed by atoms with E-state index in [1.165, 1.54) is 5.56 Å². The van der Waals surface area contributed by atoms with Gasteiger partial charge in [0.05, 0.1) is 24.4 Å². The van der Waals surface area contributed by atoms with Crippen LogP contribution in [0, 0.1) is 11.8 Å². The van der Waals surface area contributed by atoms with E-state index in [9.17, 15) is 0 Å². The molecule has 0 aliphatic heterocycles. The molecule has 4 nitrogen and oxygen atoms in total. The third-order valence-electron chi connectivity index (χ3n) is 4.26. The van der Waals surface area contributed by atoms with Gasteiger partial charge in [-0.15, -0.1) is 11.3 Å². The van der Waals surface area contributed by atoms with E-state index >= 15 is 0 Å². The van der Waals surface area contributed by atoms with Gasteiger partial charge < -0.3 is 9.47 Å². The average molecular weight is 431 g/mol. The van der Waals surface area contributed by atoms with Crippen LogP contribution in [0.5, 0.6) is 0 Å². The molecule has 6 heteroatoms. The molecule has 0 bridgehead atoms. The molecular formula is C23H30N2O2S2. The van der Waals surface area contributed by atoms with Gasteiger partial charge in [0, 0.05) is 25.6 Å². The van der Waals surface area contributed by atoms with Crippen molar-refractivity contribution in [3.8, 4) is 11.8 Å². The van der Waals surface area contributed by atoms with Crippen LogP contribution in [-0.2, 0) is 16.0 Å². The average Bonchev–Trinajstić information content (AvgIpc) is 3.40. The summed E-state index contributed by atoms with van der Waals surface area (Å²) < 4.78 is 11.3. The van der Waals surface area contributed by atoms with Crippen molar-refractivity contribution in [1.82, 2.24) is 9.88 Å². The van der Waals surface area contributed by atoms with Gasteiger partial charge in [0.25, 0.3) is 0 Å². The first kappa shape index (κ1) is 23.5. The summed E-state index contributed by atoms with van der Waals surface area (Å²) in [5, 5.41) is 6.29. The maximum absolute atomic E-state index is 5.89. The summed E-state index contributed by atoms with van der Waals surface area (Å²) in [6.07, 6.45) is 6.10. The largest absolute Gasteiger partial charge is 0.373 e. The fraction of sp³-hybridized carbons (Fsp3) is 0.435. The van der Waals surface area contributed by atoms with Gasteiger partial charge in [0.1, 0.15) is 5.60 Å². The standard InChI is InChI=1S/C23H30N2O2S2/c1-5-25(15-22-18-29-19-24-22)14-21(8-6-11-23(2,3)26-4)16-27-12-7-9-20-10-13-28-17-20/h7-10,13,17-19H,5,12,14-16H2,1-4H3/b9-7+,21-8+. The number of aromatic nitrogens is 1. The van der Waals surface area contributed by atoms with Gasteiger partial charge in [-0.3, -0.25) is 4.90 Å². The smallest absolute Gasteiger partial charge is 0.123 e. The van der Waals surface area contributed by atoms with Gasteiger partial charge in [-0.2, -0.15) is 11.3 Å². The van der Waals surface area contributed by atoms with Crippen LogP contribution in [0.4, 0.5) is 0 Å². The molecule has 0 amide bonds. The first-order valence-electron chi connectivity index (χ1n) is 9.64. The fourth-order valence-corrected chi connectivity index (χ4v) is 3.60. The third-order valence-corrected chi connectivity index (χ3v) is 5.59. The maximum atomic E-state index is 5.89. The number of methoxy groups -OCH3 is 1. The summed E-state index contributed by atoms with van der Waals surface area (Å²) in [7, 11) is 1.68. The summed E-state index contributed by atoms with van der Waals surface area (Å²) in [6, 6.07) is 2.09. The summed E-state index contributed by atoms with van der Waals surface area (Å²) in [5.74, 6) is 6.30. The predicted molar refractivity (Wildman–Crippen MR) is 124 cm³/mol. The number of hydrogen-bond donors (Lipinski definition) is 0. The predicted octanol–water partition coefficient (Wildman–Crippen LogP) is 5.11. The van der Waals surface area contributed by atoms with E-state index in [1.54, 1.807) is 29.8 Å². The number of hydrogen-bond acceptors (Lipinski definition) is 6. The Balaban J connectivity index is 1.97. The molecule has 156 valence electrons. The van der Waals surface area contributed by atoms with Crippen molar-refractivity contribution in [1.29, 1.82) is 0 Å². The second-order valence-corrected chi connectivity index (χ2v) is 8.54. The molecule has 0 atom stereocenters. The van der Waals surface area contributed by atoms with Crippen LogP contribution >= 0.6 is 22.7 Å². The summed E-state index contributed by atoms with van der Waals surface area (Å²) in [4.78, 5) is 6.74. The van der Waals surface area contributed by atoms with Crippen LogP contribution in [0.2, 0.25) is 0 Å². The third kappa shape index (κ3) is 9.53. The molecule has 0 saturated heterocycles. The van der Waals surface area contributed by atoms with Crippen molar-refractivity contribution in [3.05, 3.63) is 56.7 Å². The Hall–Kier alpha value is -1.75. The molecule has 0 saturated carbocycles. The van der Waals surface area contributed by atoms with Crippen LogP contribution in [-0.4, -0.2) is 48.9 Å². The minimum absolute atomic E-state index is 0.462. The number of thiophene rings is 1. The van der Waals surface area contributed by atoms with Crippen LogP contribution in [0.1, 0.15) is 32.0 Å². The van der Waals surface area contributed by atoms with Crippen molar-refractivity contribution in [3.63, 3.8) is 0 Å². The Bertz CT molecular complexity index is 813. The monoisotopic (exact) mass is 430 g/mol. The topological polar surface area (TPSA) is 34.6 Å². The normalized spacial score (nSPS) is 12.5. The van der Waals surface area contributed by atoms with E-state index in [1.807, 2.05) is 31.5 Å².